The largest absolute Gasteiger partial charge is 0.484 e. The molecular weight excluding hydrogens is 266 g/mol. The first-order valence-electron chi connectivity index (χ1n) is 6.95. The van der Waals surface area contributed by atoms with Crippen LogP contribution >= 0.6 is 0 Å². The second-order valence-corrected chi connectivity index (χ2v) is 5.32. The lowest BCUT2D eigenvalue weighted by atomic mass is 10.1. The fraction of sp³-hybridized carbons (Fsp3) is 0.353. The van der Waals surface area contributed by atoms with Crippen molar-refractivity contribution >= 4 is 5.91 Å². The van der Waals surface area contributed by atoms with E-state index in [0.717, 1.165) is 22.8 Å². The second-order valence-electron chi connectivity index (χ2n) is 5.32. The Labute approximate surface area is 125 Å². The molecule has 1 aromatic carbocycles. The van der Waals surface area contributed by atoms with Crippen molar-refractivity contribution in [3.05, 3.63) is 53.0 Å². The monoisotopic (exact) mass is 287 g/mol. The van der Waals surface area contributed by atoms with Crippen LogP contribution in [0.4, 0.5) is 0 Å². The molecule has 0 N–H and O–H groups in total. The number of hydrogen-bond acceptors (Lipinski definition) is 3. The Morgan fingerprint density at radius 1 is 1.19 bits per heavy atom. The van der Waals surface area contributed by atoms with Gasteiger partial charge in [-0.2, -0.15) is 0 Å². The number of rotatable bonds is 5. The van der Waals surface area contributed by atoms with E-state index in [1.165, 1.54) is 5.56 Å². The van der Waals surface area contributed by atoms with Crippen LogP contribution in [0, 0.1) is 20.8 Å². The summed E-state index contributed by atoms with van der Waals surface area (Å²) in [5.74, 6) is 2.28. The van der Waals surface area contributed by atoms with Crippen LogP contribution in [0.2, 0.25) is 0 Å². The summed E-state index contributed by atoms with van der Waals surface area (Å²) in [4.78, 5) is 13.7. The number of furan rings is 1. The number of hydrogen-bond donors (Lipinski definition) is 0. The highest BCUT2D eigenvalue weighted by Gasteiger charge is 2.12. The minimum absolute atomic E-state index is 0.0279. The molecule has 0 radical (unpaired) electrons. The third-order valence-corrected chi connectivity index (χ3v) is 3.30. The van der Waals surface area contributed by atoms with Gasteiger partial charge in [0.2, 0.25) is 0 Å². The van der Waals surface area contributed by atoms with E-state index >= 15 is 0 Å². The van der Waals surface area contributed by atoms with Gasteiger partial charge in [0.15, 0.2) is 6.61 Å². The Bertz CT molecular complexity index is 631. The number of aryl methyl sites for hydroxylation is 3. The van der Waals surface area contributed by atoms with Crippen LogP contribution in [0.3, 0.4) is 0 Å². The lowest BCUT2D eigenvalue weighted by Gasteiger charge is -2.17. The van der Waals surface area contributed by atoms with Gasteiger partial charge in [-0.05, 0) is 44.5 Å². The summed E-state index contributed by atoms with van der Waals surface area (Å²) >= 11 is 0. The molecule has 0 fully saturated rings. The van der Waals surface area contributed by atoms with E-state index in [1.54, 1.807) is 11.9 Å². The highest BCUT2D eigenvalue weighted by molar-refractivity contribution is 5.77. The molecule has 2 aromatic rings. The van der Waals surface area contributed by atoms with Crippen LogP contribution in [0.25, 0.3) is 0 Å². The summed E-state index contributed by atoms with van der Waals surface area (Å²) in [5, 5.41) is 0. The van der Waals surface area contributed by atoms with Crippen molar-refractivity contribution in [2.45, 2.75) is 27.3 Å². The van der Waals surface area contributed by atoms with Crippen molar-refractivity contribution in [1.82, 2.24) is 4.90 Å². The number of carbonyl (C=O) groups is 1. The lowest BCUT2D eigenvalue weighted by Crippen LogP contribution is -2.30. The third kappa shape index (κ3) is 4.12. The van der Waals surface area contributed by atoms with E-state index in [4.69, 9.17) is 9.15 Å². The molecule has 0 aliphatic rings. The van der Waals surface area contributed by atoms with Crippen molar-refractivity contribution in [2.75, 3.05) is 13.7 Å². The van der Waals surface area contributed by atoms with Gasteiger partial charge in [-0.15, -0.1) is 0 Å². The Morgan fingerprint density at radius 3 is 2.57 bits per heavy atom. The summed E-state index contributed by atoms with van der Waals surface area (Å²) < 4.78 is 11.1. The van der Waals surface area contributed by atoms with E-state index in [9.17, 15) is 4.79 Å². The summed E-state index contributed by atoms with van der Waals surface area (Å²) in [6, 6.07) is 9.68. The molecule has 0 aliphatic heterocycles. The number of nitrogens with zero attached hydrogens (tertiary/aromatic N) is 1. The molecule has 1 heterocycles. The van der Waals surface area contributed by atoms with Crippen LogP contribution in [0.1, 0.15) is 22.6 Å². The molecule has 0 atom stereocenters. The van der Waals surface area contributed by atoms with E-state index in [0.29, 0.717) is 6.54 Å². The average molecular weight is 287 g/mol. The molecule has 0 aliphatic carbocycles. The zero-order chi connectivity index (χ0) is 15.4. The van der Waals surface area contributed by atoms with Crippen LogP contribution in [-0.2, 0) is 11.3 Å². The molecule has 112 valence electrons. The van der Waals surface area contributed by atoms with Gasteiger partial charge in [0.1, 0.15) is 17.3 Å². The quantitative estimate of drug-likeness (QED) is 0.848. The second kappa shape index (κ2) is 6.48. The maximum atomic E-state index is 12.1. The van der Waals surface area contributed by atoms with Gasteiger partial charge in [-0.25, -0.2) is 0 Å². The number of likely N-dealkylation sites (N-methyl/N-ethyl adjacent to an activating group) is 1. The van der Waals surface area contributed by atoms with Gasteiger partial charge in [0.25, 0.3) is 5.91 Å². The summed E-state index contributed by atoms with van der Waals surface area (Å²) in [6.07, 6.45) is 0. The number of benzene rings is 1. The number of amides is 1. The molecule has 1 aromatic heterocycles. The maximum absolute atomic E-state index is 12.1. The van der Waals surface area contributed by atoms with Crippen molar-refractivity contribution in [3.63, 3.8) is 0 Å². The van der Waals surface area contributed by atoms with Crippen LogP contribution in [0.5, 0.6) is 5.75 Å². The normalized spacial score (nSPS) is 10.5. The summed E-state index contributed by atoms with van der Waals surface area (Å²) in [6.45, 7) is 6.36. The molecule has 0 spiro atoms. The minimum Gasteiger partial charge on any atom is -0.484 e. The smallest absolute Gasteiger partial charge is 0.260 e. The Balaban J connectivity index is 1.89. The van der Waals surface area contributed by atoms with E-state index in [-0.39, 0.29) is 12.5 Å². The standard InChI is InChI=1S/C17H21NO3/c1-12-5-8-16(13(2)9-12)20-11-17(19)18(4)10-15-7-6-14(3)21-15/h5-9H,10-11H2,1-4H3. The lowest BCUT2D eigenvalue weighted by molar-refractivity contribution is -0.132. The maximum Gasteiger partial charge on any atom is 0.260 e. The highest BCUT2D eigenvalue weighted by atomic mass is 16.5. The Hall–Kier alpha value is -2.23. The van der Waals surface area contributed by atoms with E-state index in [2.05, 4.69) is 0 Å². The van der Waals surface area contributed by atoms with Gasteiger partial charge >= 0.3 is 0 Å². The molecule has 0 saturated carbocycles. The average Bonchev–Trinajstić information content (AvgIpc) is 2.82. The minimum atomic E-state index is -0.0796. The first-order chi connectivity index (χ1) is 9.95. The molecular formula is C17H21NO3. The van der Waals surface area contributed by atoms with Gasteiger partial charge in [0.05, 0.1) is 6.54 Å². The molecule has 4 heteroatoms. The number of ether oxygens (including phenoxy) is 1. The first kappa shape index (κ1) is 15.2. The van der Waals surface area contributed by atoms with Crippen molar-refractivity contribution < 1.29 is 13.9 Å². The topological polar surface area (TPSA) is 42.7 Å². The highest BCUT2D eigenvalue weighted by Crippen LogP contribution is 2.18. The number of carbonyl (C=O) groups excluding carboxylic acids is 1. The van der Waals surface area contributed by atoms with Crippen LogP contribution in [0.15, 0.2) is 34.7 Å². The SMILES string of the molecule is Cc1ccc(OCC(=O)N(C)Cc2ccc(C)o2)c(C)c1. The summed E-state index contributed by atoms with van der Waals surface area (Å²) in [5.41, 5.74) is 2.21. The van der Waals surface area contributed by atoms with Crippen molar-refractivity contribution in [2.24, 2.45) is 0 Å². The van der Waals surface area contributed by atoms with Gasteiger partial charge in [-0.1, -0.05) is 17.7 Å². The first-order valence-corrected chi connectivity index (χ1v) is 6.95. The van der Waals surface area contributed by atoms with E-state index in [1.807, 2.05) is 51.1 Å². The zero-order valence-electron chi connectivity index (χ0n) is 13.0. The van der Waals surface area contributed by atoms with Gasteiger partial charge < -0.3 is 14.1 Å². The van der Waals surface area contributed by atoms with Crippen molar-refractivity contribution in [1.29, 1.82) is 0 Å². The molecule has 0 bridgehead atoms. The molecule has 0 saturated heterocycles. The summed E-state index contributed by atoms with van der Waals surface area (Å²) in [7, 11) is 1.74. The molecule has 21 heavy (non-hydrogen) atoms. The van der Waals surface area contributed by atoms with E-state index < -0.39 is 0 Å². The fourth-order valence-electron chi connectivity index (χ4n) is 2.10. The van der Waals surface area contributed by atoms with Crippen LogP contribution in [-0.4, -0.2) is 24.5 Å². The Morgan fingerprint density at radius 2 is 1.95 bits per heavy atom. The predicted molar refractivity (Wildman–Crippen MR) is 81.3 cm³/mol. The van der Waals surface area contributed by atoms with Gasteiger partial charge in [0, 0.05) is 7.05 Å². The third-order valence-electron chi connectivity index (χ3n) is 3.30. The zero-order valence-corrected chi connectivity index (χ0v) is 13.0. The predicted octanol–water partition coefficient (Wildman–Crippen LogP) is 3.24. The molecule has 1 amide bonds. The molecule has 0 unspecified atom stereocenters. The fourth-order valence-corrected chi connectivity index (χ4v) is 2.10. The van der Waals surface area contributed by atoms with Crippen LogP contribution < -0.4 is 4.74 Å². The Kier molecular flexibility index (Phi) is 4.68. The van der Waals surface area contributed by atoms with Crippen molar-refractivity contribution in [3.8, 4) is 5.75 Å². The van der Waals surface area contributed by atoms with Gasteiger partial charge in [-0.3, -0.25) is 4.79 Å². The molecule has 2 rings (SSSR count). The molecule has 4 nitrogen and oxygen atoms in total.